The third-order valence-corrected chi connectivity index (χ3v) is 5.09. The van der Waals surface area contributed by atoms with Crippen LogP contribution in [-0.2, 0) is 0 Å². The van der Waals surface area contributed by atoms with Crippen molar-refractivity contribution in [2.24, 2.45) is 0 Å². The zero-order valence-electron chi connectivity index (χ0n) is 15.2. The van der Waals surface area contributed by atoms with Crippen LogP contribution in [0, 0.1) is 0 Å². The molecule has 1 fully saturated rings. The SMILES string of the molecule is CN1CCN(CC(Nc2ncnc3ccccc23)c2ccccc2)CC1. The lowest BCUT2D eigenvalue weighted by molar-refractivity contribution is 0.149. The fourth-order valence-electron chi connectivity index (χ4n) is 3.49. The van der Waals surface area contributed by atoms with Crippen LogP contribution in [0.15, 0.2) is 60.9 Å². The molecule has 0 bridgehead atoms. The second kappa shape index (κ2) is 7.81. The number of anilines is 1. The maximum Gasteiger partial charge on any atom is 0.137 e. The van der Waals surface area contributed by atoms with Crippen molar-refractivity contribution in [1.82, 2.24) is 19.8 Å². The molecule has 2 heterocycles. The maximum atomic E-state index is 4.53. The van der Waals surface area contributed by atoms with Crippen molar-refractivity contribution in [3.8, 4) is 0 Å². The molecule has 5 heteroatoms. The van der Waals surface area contributed by atoms with E-state index in [2.05, 4.69) is 68.5 Å². The molecule has 0 radical (unpaired) electrons. The van der Waals surface area contributed by atoms with Crippen molar-refractivity contribution in [2.75, 3.05) is 45.1 Å². The van der Waals surface area contributed by atoms with Crippen molar-refractivity contribution in [3.63, 3.8) is 0 Å². The average Bonchev–Trinajstić information content (AvgIpc) is 2.70. The lowest BCUT2D eigenvalue weighted by Crippen LogP contribution is -2.46. The molecule has 0 aliphatic carbocycles. The smallest absolute Gasteiger partial charge is 0.137 e. The number of nitrogens with one attached hydrogen (secondary N) is 1. The van der Waals surface area contributed by atoms with Gasteiger partial charge in [-0.3, -0.25) is 4.90 Å². The highest BCUT2D eigenvalue weighted by atomic mass is 15.3. The van der Waals surface area contributed by atoms with Crippen LogP contribution in [0.25, 0.3) is 10.9 Å². The Bertz CT molecular complexity index is 838. The minimum Gasteiger partial charge on any atom is -0.361 e. The minimum absolute atomic E-state index is 0.193. The average molecular weight is 347 g/mol. The number of fused-ring (bicyclic) bond motifs is 1. The normalized spacial score (nSPS) is 17.3. The monoisotopic (exact) mass is 347 g/mol. The van der Waals surface area contributed by atoms with E-state index in [0.717, 1.165) is 49.4 Å². The number of hydrogen-bond acceptors (Lipinski definition) is 5. The summed E-state index contributed by atoms with van der Waals surface area (Å²) in [4.78, 5) is 13.8. The van der Waals surface area contributed by atoms with Crippen LogP contribution in [0.1, 0.15) is 11.6 Å². The van der Waals surface area contributed by atoms with E-state index in [1.807, 2.05) is 18.2 Å². The molecule has 26 heavy (non-hydrogen) atoms. The van der Waals surface area contributed by atoms with Gasteiger partial charge in [0.05, 0.1) is 11.6 Å². The first-order chi connectivity index (χ1) is 12.8. The summed E-state index contributed by atoms with van der Waals surface area (Å²) >= 11 is 0. The zero-order valence-corrected chi connectivity index (χ0v) is 15.2. The third kappa shape index (κ3) is 3.84. The molecule has 1 aromatic heterocycles. The number of para-hydroxylation sites is 1. The first-order valence-electron chi connectivity index (χ1n) is 9.22. The summed E-state index contributed by atoms with van der Waals surface area (Å²) in [6.07, 6.45) is 1.64. The van der Waals surface area contributed by atoms with Gasteiger partial charge in [-0.25, -0.2) is 9.97 Å². The molecule has 1 saturated heterocycles. The molecule has 134 valence electrons. The minimum atomic E-state index is 0.193. The standard InChI is InChI=1S/C21H25N5/c1-25-11-13-26(14-12-25)15-20(17-7-3-2-4-8-17)24-21-18-9-5-6-10-19(18)22-16-23-21/h2-10,16,20H,11-15H2,1H3,(H,22,23,24). The second-order valence-corrected chi connectivity index (χ2v) is 6.95. The Kier molecular flexibility index (Phi) is 5.09. The summed E-state index contributed by atoms with van der Waals surface area (Å²) in [5, 5.41) is 4.75. The Morgan fingerprint density at radius 3 is 2.46 bits per heavy atom. The predicted octanol–water partition coefficient (Wildman–Crippen LogP) is 3.03. The highest BCUT2D eigenvalue weighted by Gasteiger charge is 2.20. The molecular formula is C21H25N5. The van der Waals surface area contributed by atoms with Crippen molar-refractivity contribution in [3.05, 3.63) is 66.5 Å². The molecule has 4 rings (SSSR count). The molecule has 5 nitrogen and oxygen atoms in total. The lowest BCUT2D eigenvalue weighted by atomic mass is 10.1. The first-order valence-corrected chi connectivity index (χ1v) is 9.22. The molecule has 1 unspecified atom stereocenters. The Balaban J connectivity index is 1.60. The summed E-state index contributed by atoms with van der Waals surface area (Å²) in [7, 11) is 2.19. The first kappa shape index (κ1) is 16.9. The van der Waals surface area contributed by atoms with E-state index in [1.54, 1.807) is 6.33 Å². The van der Waals surface area contributed by atoms with E-state index in [1.165, 1.54) is 5.56 Å². The summed E-state index contributed by atoms with van der Waals surface area (Å²) in [6, 6.07) is 19.0. The number of likely N-dealkylation sites (N-methyl/N-ethyl adjacent to an activating group) is 1. The van der Waals surface area contributed by atoms with Crippen molar-refractivity contribution < 1.29 is 0 Å². The Hall–Kier alpha value is -2.50. The molecule has 3 aromatic rings. The van der Waals surface area contributed by atoms with Gasteiger partial charge in [0.15, 0.2) is 0 Å². The highest BCUT2D eigenvalue weighted by molar-refractivity contribution is 5.88. The van der Waals surface area contributed by atoms with E-state index in [9.17, 15) is 0 Å². The topological polar surface area (TPSA) is 44.3 Å². The second-order valence-electron chi connectivity index (χ2n) is 6.95. The van der Waals surface area contributed by atoms with Gasteiger partial charge in [-0.05, 0) is 24.7 Å². The fraction of sp³-hybridized carbons (Fsp3) is 0.333. The molecule has 1 atom stereocenters. The Morgan fingerprint density at radius 2 is 1.65 bits per heavy atom. The van der Waals surface area contributed by atoms with Crippen LogP contribution in [-0.4, -0.2) is 59.5 Å². The zero-order chi connectivity index (χ0) is 17.8. The van der Waals surface area contributed by atoms with Gasteiger partial charge in [-0.1, -0.05) is 42.5 Å². The quantitative estimate of drug-likeness (QED) is 0.769. The molecule has 1 N–H and O–H groups in total. The van der Waals surface area contributed by atoms with E-state index >= 15 is 0 Å². The van der Waals surface area contributed by atoms with Crippen molar-refractivity contribution in [2.45, 2.75) is 6.04 Å². The summed E-state index contributed by atoms with van der Waals surface area (Å²) in [6.45, 7) is 5.42. The molecule has 2 aromatic carbocycles. The predicted molar refractivity (Wildman–Crippen MR) is 106 cm³/mol. The number of piperazine rings is 1. The van der Waals surface area contributed by atoms with E-state index in [0.29, 0.717) is 0 Å². The number of benzene rings is 2. The van der Waals surface area contributed by atoms with Gasteiger partial charge in [0.2, 0.25) is 0 Å². The molecule has 0 amide bonds. The van der Waals surface area contributed by atoms with Gasteiger partial charge >= 0.3 is 0 Å². The van der Waals surface area contributed by atoms with E-state index in [-0.39, 0.29) is 6.04 Å². The van der Waals surface area contributed by atoms with Crippen LogP contribution in [0.3, 0.4) is 0 Å². The van der Waals surface area contributed by atoms with Gasteiger partial charge < -0.3 is 10.2 Å². The lowest BCUT2D eigenvalue weighted by Gasteiger charge is -2.35. The Morgan fingerprint density at radius 1 is 0.923 bits per heavy atom. The summed E-state index contributed by atoms with van der Waals surface area (Å²) < 4.78 is 0. The van der Waals surface area contributed by atoms with Gasteiger partial charge in [0.25, 0.3) is 0 Å². The van der Waals surface area contributed by atoms with Crippen LogP contribution < -0.4 is 5.32 Å². The molecule has 0 saturated carbocycles. The van der Waals surface area contributed by atoms with Crippen LogP contribution >= 0.6 is 0 Å². The Labute approximate surface area is 154 Å². The number of rotatable bonds is 5. The van der Waals surface area contributed by atoms with Crippen LogP contribution in [0.4, 0.5) is 5.82 Å². The van der Waals surface area contributed by atoms with Crippen molar-refractivity contribution >= 4 is 16.7 Å². The van der Waals surface area contributed by atoms with Gasteiger partial charge in [-0.15, -0.1) is 0 Å². The van der Waals surface area contributed by atoms with E-state index < -0.39 is 0 Å². The molecular weight excluding hydrogens is 322 g/mol. The van der Waals surface area contributed by atoms with Crippen molar-refractivity contribution in [1.29, 1.82) is 0 Å². The summed E-state index contributed by atoms with van der Waals surface area (Å²) in [5.74, 6) is 0.901. The van der Waals surface area contributed by atoms with Crippen LogP contribution in [0.2, 0.25) is 0 Å². The molecule has 1 aliphatic heterocycles. The van der Waals surface area contributed by atoms with Gasteiger partial charge in [0.1, 0.15) is 12.1 Å². The van der Waals surface area contributed by atoms with Gasteiger partial charge in [0, 0.05) is 38.1 Å². The van der Waals surface area contributed by atoms with Gasteiger partial charge in [-0.2, -0.15) is 0 Å². The molecule has 1 aliphatic rings. The number of hydrogen-bond donors (Lipinski definition) is 1. The van der Waals surface area contributed by atoms with E-state index in [4.69, 9.17) is 0 Å². The fourth-order valence-corrected chi connectivity index (χ4v) is 3.49. The summed E-state index contributed by atoms with van der Waals surface area (Å²) in [5.41, 5.74) is 2.26. The largest absolute Gasteiger partial charge is 0.361 e. The third-order valence-electron chi connectivity index (χ3n) is 5.09. The van der Waals surface area contributed by atoms with Crippen LogP contribution in [0.5, 0.6) is 0 Å². The highest BCUT2D eigenvalue weighted by Crippen LogP contribution is 2.25. The number of aromatic nitrogens is 2. The number of nitrogens with zero attached hydrogens (tertiary/aromatic N) is 4. The maximum absolute atomic E-state index is 4.53. The molecule has 0 spiro atoms.